The Hall–Kier alpha value is -1.68. The van der Waals surface area contributed by atoms with E-state index in [1.165, 1.54) is 5.56 Å². The summed E-state index contributed by atoms with van der Waals surface area (Å²) in [5, 5.41) is 4.52. The molecule has 0 spiro atoms. The molecule has 0 aliphatic heterocycles. The average Bonchev–Trinajstić information content (AvgIpc) is 2.57. The molecule has 0 saturated heterocycles. The minimum absolute atomic E-state index is 0.473. The first-order valence-electron chi connectivity index (χ1n) is 5.31. The van der Waals surface area contributed by atoms with Crippen LogP contribution >= 0.6 is 0 Å². The highest BCUT2D eigenvalue weighted by molar-refractivity contribution is 5.41. The van der Waals surface area contributed by atoms with Gasteiger partial charge in [0.05, 0.1) is 11.4 Å². The van der Waals surface area contributed by atoms with E-state index in [-0.39, 0.29) is 0 Å². The van der Waals surface area contributed by atoms with Crippen molar-refractivity contribution in [1.29, 1.82) is 0 Å². The predicted molar refractivity (Wildman–Crippen MR) is 63.5 cm³/mol. The van der Waals surface area contributed by atoms with E-state index in [0.717, 1.165) is 22.6 Å². The maximum atomic E-state index is 5.70. The Morgan fingerprint density at radius 2 is 2.06 bits per heavy atom. The summed E-state index contributed by atoms with van der Waals surface area (Å²) in [5.41, 5.74) is 11.2. The molecule has 0 aliphatic carbocycles. The van der Waals surface area contributed by atoms with Crippen LogP contribution in [0.1, 0.15) is 22.5 Å². The molecule has 0 unspecified atom stereocenters. The summed E-state index contributed by atoms with van der Waals surface area (Å²) in [5.74, 6) is 0. The second kappa shape index (κ2) is 4.06. The highest BCUT2D eigenvalue weighted by atomic mass is 15.3. The zero-order valence-corrected chi connectivity index (χ0v) is 9.86. The third-order valence-electron chi connectivity index (χ3n) is 2.98. The minimum Gasteiger partial charge on any atom is -0.326 e. The van der Waals surface area contributed by atoms with Crippen LogP contribution < -0.4 is 5.73 Å². The molecule has 4 heteroatoms. The highest BCUT2D eigenvalue weighted by Crippen LogP contribution is 2.18. The molecule has 0 bridgehead atoms. The van der Waals surface area contributed by atoms with Crippen LogP contribution in [0.15, 0.2) is 18.5 Å². The van der Waals surface area contributed by atoms with E-state index in [9.17, 15) is 0 Å². The Balaban J connectivity index is 2.63. The predicted octanol–water partition coefficient (Wildman–Crippen LogP) is 1.65. The monoisotopic (exact) mass is 216 g/mol. The Morgan fingerprint density at radius 1 is 1.31 bits per heavy atom. The number of pyridine rings is 1. The van der Waals surface area contributed by atoms with Gasteiger partial charge in [0.15, 0.2) is 0 Å². The molecule has 84 valence electrons. The van der Waals surface area contributed by atoms with Crippen LogP contribution in [0.25, 0.3) is 5.69 Å². The van der Waals surface area contributed by atoms with Crippen molar-refractivity contribution < 1.29 is 0 Å². The van der Waals surface area contributed by atoms with Gasteiger partial charge in [-0.3, -0.25) is 4.98 Å². The lowest BCUT2D eigenvalue weighted by Gasteiger charge is -2.08. The summed E-state index contributed by atoms with van der Waals surface area (Å²) in [7, 11) is 0. The quantitative estimate of drug-likeness (QED) is 0.830. The van der Waals surface area contributed by atoms with Crippen LogP contribution in [-0.4, -0.2) is 14.8 Å². The summed E-state index contributed by atoms with van der Waals surface area (Å²) in [4.78, 5) is 4.08. The first-order chi connectivity index (χ1) is 7.65. The van der Waals surface area contributed by atoms with Crippen molar-refractivity contribution in [2.24, 2.45) is 5.73 Å². The number of aromatic nitrogens is 3. The van der Waals surface area contributed by atoms with Crippen LogP contribution in [0.5, 0.6) is 0 Å². The molecule has 0 fully saturated rings. The molecule has 2 aromatic heterocycles. The molecule has 16 heavy (non-hydrogen) atoms. The molecule has 0 aliphatic rings. The van der Waals surface area contributed by atoms with Crippen LogP contribution in [0.2, 0.25) is 0 Å². The lowest BCUT2D eigenvalue weighted by Crippen LogP contribution is -2.07. The molecule has 2 rings (SSSR count). The molecule has 2 heterocycles. The SMILES string of the molecule is Cc1nn(-c2ccncc2CN)c(C)c1C. The average molecular weight is 216 g/mol. The molecule has 0 amide bonds. The Kier molecular flexibility index (Phi) is 2.75. The topological polar surface area (TPSA) is 56.7 Å². The van der Waals surface area contributed by atoms with E-state index in [4.69, 9.17) is 5.73 Å². The van der Waals surface area contributed by atoms with Crippen molar-refractivity contribution in [3.63, 3.8) is 0 Å². The fourth-order valence-electron chi connectivity index (χ4n) is 1.74. The van der Waals surface area contributed by atoms with E-state index < -0.39 is 0 Å². The molecule has 0 aromatic carbocycles. The lowest BCUT2D eigenvalue weighted by atomic mass is 10.2. The van der Waals surface area contributed by atoms with Crippen molar-refractivity contribution in [3.05, 3.63) is 41.0 Å². The van der Waals surface area contributed by atoms with Gasteiger partial charge in [-0.05, 0) is 32.4 Å². The Morgan fingerprint density at radius 3 is 2.62 bits per heavy atom. The Labute approximate surface area is 95.1 Å². The van der Waals surface area contributed by atoms with Gasteiger partial charge >= 0.3 is 0 Å². The van der Waals surface area contributed by atoms with Crippen molar-refractivity contribution in [3.8, 4) is 5.69 Å². The molecular weight excluding hydrogens is 200 g/mol. The third-order valence-corrected chi connectivity index (χ3v) is 2.98. The van der Waals surface area contributed by atoms with Crippen LogP contribution in [0, 0.1) is 20.8 Å². The summed E-state index contributed by atoms with van der Waals surface area (Å²) < 4.78 is 1.94. The fourth-order valence-corrected chi connectivity index (χ4v) is 1.74. The first-order valence-corrected chi connectivity index (χ1v) is 5.31. The second-order valence-corrected chi connectivity index (χ2v) is 3.92. The van der Waals surface area contributed by atoms with E-state index >= 15 is 0 Å². The third kappa shape index (κ3) is 1.61. The summed E-state index contributed by atoms with van der Waals surface area (Å²) in [6.07, 6.45) is 3.56. The molecule has 0 saturated carbocycles. The van der Waals surface area contributed by atoms with Gasteiger partial charge in [0.25, 0.3) is 0 Å². The zero-order chi connectivity index (χ0) is 11.7. The van der Waals surface area contributed by atoms with Crippen molar-refractivity contribution in [2.45, 2.75) is 27.3 Å². The second-order valence-electron chi connectivity index (χ2n) is 3.92. The summed E-state index contributed by atoms with van der Waals surface area (Å²) >= 11 is 0. The molecule has 2 aromatic rings. The number of nitrogens with zero attached hydrogens (tertiary/aromatic N) is 3. The number of nitrogens with two attached hydrogens (primary N) is 1. The Bertz CT molecular complexity index is 514. The standard InChI is InChI=1S/C12H16N4/c1-8-9(2)15-16(10(8)3)12-4-5-14-7-11(12)6-13/h4-5,7H,6,13H2,1-3H3. The number of rotatable bonds is 2. The maximum absolute atomic E-state index is 5.70. The lowest BCUT2D eigenvalue weighted by molar-refractivity contribution is 0.813. The fraction of sp³-hybridized carbons (Fsp3) is 0.333. The summed E-state index contributed by atoms with van der Waals surface area (Å²) in [6, 6.07) is 1.95. The minimum atomic E-state index is 0.473. The van der Waals surface area contributed by atoms with Gasteiger partial charge in [0.2, 0.25) is 0 Å². The van der Waals surface area contributed by atoms with Crippen molar-refractivity contribution in [1.82, 2.24) is 14.8 Å². The maximum Gasteiger partial charge on any atom is 0.0724 e. The van der Waals surface area contributed by atoms with Crippen LogP contribution in [0.4, 0.5) is 0 Å². The van der Waals surface area contributed by atoms with E-state index in [0.29, 0.717) is 6.54 Å². The van der Waals surface area contributed by atoms with Crippen LogP contribution in [-0.2, 0) is 6.54 Å². The molecule has 0 atom stereocenters. The van der Waals surface area contributed by atoms with Gasteiger partial charge in [0, 0.05) is 30.2 Å². The van der Waals surface area contributed by atoms with E-state index in [2.05, 4.69) is 23.9 Å². The number of hydrogen-bond donors (Lipinski definition) is 1. The van der Waals surface area contributed by atoms with Gasteiger partial charge in [-0.2, -0.15) is 5.10 Å². The van der Waals surface area contributed by atoms with Gasteiger partial charge < -0.3 is 5.73 Å². The molecule has 0 radical (unpaired) electrons. The van der Waals surface area contributed by atoms with Crippen LogP contribution in [0.3, 0.4) is 0 Å². The normalized spacial score (nSPS) is 10.8. The van der Waals surface area contributed by atoms with Crippen molar-refractivity contribution in [2.75, 3.05) is 0 Å². The smallest absolute Gasteiger partial charge is 0.0724 e. The molecule has 4 nitrogen and oxygen atoms in total. The van der Waals surface area contributed by atoms with Gasteiger partial charge in [0.1, 0.15) is 0 Å². The first kappa shape index (κ1) is 10.8. The number of hydrogen-bond acceptors (Lipinski definition) is 3. The molecule has 2 N–H and O–H groups in total. The van der Waals surface area contributed by atoms with Crippen molar-refractivity contribution >= 4 is 0 Å². The van der Waals surface area contributed by atoms with E-state index in [1.807, 2.05) is 17.7 Å². The summed E-state index contributed by atoms with van der Waals surface area (Å²) in [6.45, 7) is 6.64. The molecular formula is C12H16N4. The van der Waals surface area contributed by atoms with E-state index in [1.54, 1.807) is 12.4 Å². The van der Waals surface area contributed by atoms with Gasteiger partial charge in [-0.15, -0.1) is 0 Å². The highest BCUT2D eigenvalue weighted by Gasteiger charge is 2.11. The zero-order valence-electron chi connectivity index (χ0n) is 9.86. The number of aryl methyl sites for hydroxylation is 1. The van der Waals surface area contributed by atoms with Gasteiger partial charge in [-0.25, -0.2) is 4.68 Å². The van der Waals surface area contributed by atoms with Gasteiger partial charge in [-0.1, -0.05) is 0 Å². The largest absolute Gasteiger partial charge is 0.326 e.